The number of piperidine rings is 1. The number of anilines is 1. The number of amides is 2. The van der Waals surface area contributed by atoms with Crippen LogP contribution in [-0.4, -0.2) is 40.0 Å². The molecule has 1 saturated heterocycles. The highest BCUT2D eigenvalue weighted by atomic mass is 16.3. The SMILES string of the molecule is O=C(Nc1ccc2[nH]ncc2c1)C1CCN(C(=O)c2ccco2)CC1. The van der Waals surface area contributed by atoms with Crippen LogP contribution in [-0.2, 0) is 4.79 Å². The highest BCUT2D eigenvalue weighted by Crippen LogP contribution is 2.22. The second kappa shape index (κ2) is 6.43. The summed E-state index contributed by atoms with van der Waals surface area (Å²) in [5.41, 5.74) is 1.69. The molecule has 2 amide bonds. The van der Waals surface area contributed by atoms with Gasteiger partial charge in [0, 0.05) is 30.1 Å². The molecule has 0 unspecified atom stereocenters. The Kier molecular flexibility index (Phi) is 3.97. The third kappa shape index (κ3) is 3.13. The third-order valence-electron chi connectivity index (χ3n) is 4.59. The van der Waals surface area contributed by atoms with E-state index in [9.17, 15) is 9.59 Å². The van der Waals surface area contributed by atoms with Crippen LogP contribution >= 0.6 is 0 Å². The van der Waals surface area contributed by atoms with Crippen molar-refractivity contribution in [1.82, 2.24) is 15.1 Å². The van der Waals surface area contributed by atoms with Gasteiger partial charge in [0.15, 0.2) is 5.76 Å². The molecule has 0 atom stereocenters. The fourth-order valence-electron chi connectivity index (χ4n) is 3.17. The standard InChI is InChI=1S/C18H18N4O3/c23-17(20-14-3-4-15-13(10-14)11-19-21-15)12-5-7-22(8-6-12)18(24)16-2-1-9-25-16/h1-4,9-12H,5-8H2,(H,19,21)(H,20,23). The first-order valence-electron chi connectivity index (χ1n) is 8.27. The number of aromatic amines is 1. The molecule has 2 N–H and O–H groups in total. The summed E-state index contributed by atoms with van der Waals surface area (Å²) in [7, 11) is 0. The molecular formula is C18H18N4O3. The number of hydrogen-bond acceptors (Lipinski definition) is 4. The molecule has 25 heavy (non-hydrogen) atoms. The Morgan fingerprint density at radius 1 is 1.24 bits per heavy atom. The number of rotatable bonds is 3. The van der Waals surface area contributed by atoms with E-state index in [0.29, 0.717) is 31.7 Å². The molecule has 0 radical (unpaired) electrons. The molecule has 1 aliphatic heterocycles. The third-order valence-corrected chi connectivity index (χ3v) is 4.59. The maximum absolute atomic E-state index is 12.5. The van der Waals surface area contributed by atoms with Gasteiger partial charge in [0.05, 0.1) is 18.0 Å². The van der Waals surface area contributed by atoms with Crippen LogP contribution in [0.2, 0.25) is 0 Å². The average molecular weight is 338 g/mol. The van der Waals surface area contributed by atoms with Crippen LogP contribution in [0, 0.1) is 5.92 Å². The quantitative estimate of drug-likeness (QED) is 0.768. The zero-order chi connectivity index (χ0) is 17.2. The van der Waals surface area contributed by atoms with Crippen molar-refractivity contribution in [1.29, 1.82) is 0 Å². The van der Waals surface area contributed by atoms with Crippen LogP contribution in [0.4, 0.5) is 5.69 Å². The van der Waals surface area contributed by atoms with Gasteiger partial charge in [0.1, 0.15) is 0 Å². The molecule has 1 aromatic carbocycles. The topological polar surface area (TPSA) is 91.2 Å². The maximum Gasteiger partial charge on any atom is 0.289 e. The fraction of sp³-hybridized carbons (Fsp3) is 0.278. The van der Waals surface area contributed by atoms with Gasteiger partial charge in [-0.2, -0.15) is 5.10 Å². The predicted molar refractivity (Wildman–Crippen MR) is 92.1 cm³/mol. The van der Waals surface area contributed by atoms with Gasteiger partial charge in [-0.3, -0.25) is 14.7 Å². The van der Waals surface area contributed by atoms with Gasteiger partial charge >= 0.3 is 0 Å². The molecular weight excluding hydrogens is 320 g/mol. The summed E-state index contributed by atoms with van der Waals surface area (Å²) in [6, 6.07) is 9.00. The first-order valence-corrected chi connectivity index (χ1v) is 8.27. The van der Waals surface area contributed by atoms with E-state index in [-0.39, 0.29) is 17.7 Å². The number of likely N-dealkylation sites (tertiary alicyclic amines) is 1. The summed E-state index contributed by atoms with van der Waals surface area (Å²) in [6.45, 7) is 1.11. The minimum Gasteiger partial charge on any atom is -0.459 e. The first-order chi connectivity index (χ1) is 12.2. The lowest BCUT2D eigenvalue weighted by Gasteiger charge is -2.30. The lowest BCUT2D eigenvalue weighted by atomic mass is 9.95. The molecule has 4 rings (SSSR count). The second-order valence-corrected chi connectivity index (χ2v) is 6.21. The van der Waals surface area contributed by atoms with E-state index >= 15 is 0 Å². The Labute approximate surface area is 144 Å². The Morgan fingerprint density at radius 3 is 2.84 bits per heavy atom. The van der Waals surface area contributed by atoms with Crippen molar-refractivity contribution in [2.75, 3.05) is 18.4 Å². The number of nitrogens with zero attached hydrogens (tertiary/aromatic N) is 2. The summed E-state index contributed by atoms with van der Waals surface area (Å²) >= 11 is 0. The van der Waals surface area contributed by atoms with Gasteiger partial charge in [-0.05, 0) is 43.2 Å². The highest BCUT2D eigenvalue weighted by Gasteiger charge is 2.28. The van der Waals surface area contributed by atoms with Gasteiger partial charge in [-0.25, -0.2) is 0 Å². The summed E-state index contributed by atoms with van der Waals surface area (Å²) in [6.07, 6.45) is 4.51. The van der Waals surface area contributed by atoms with Crippen molar-refractivity contribution in [3.63, 3.8) is 0 Å². The Morgan fingerprint density at radius 2 is 2.08 bits per heavy atom. The van der Waals surface area contributed by atoms with Crippen molar-refractivity contribution in [2.45, 2.75) is 12.8 Å². The van der Waals surface area contributed by atoms with Crippen LogP contribution in [0.3, 0.4) is 0 Å². The predicted octanol–water partition coefficient (Wildman–Crippen LogP) is 2.65. The number of benzene rings is 1. The smallest absolute Gasteiger partial charge is 0.289 e. The van der Waals surface area contributed by atoms with Crippen molar-refractivity contribution in [3.8, 4) is 0 Å². The average Bonchev–Trinajstić information content (AvgIpc) is 3.32. The summed E-state index contributed by atoms with van der Waals surface area (Å²) in [5, 5.41) is 10.8. The zero-order valence-electron chi connectivity index (χ0n) is 13.6. The van der Waals surface area contributed by atoms with E-state index in [1.54, 1.807) is 23.2 Å². The summed E-state index contributed by atoms with van der Waals surface area (Å²) in [5.74, 6) is 0.124. The Balaban J connectivity index is 1.35. The monoisotopic (exact) mass is 338 g/mol. The minimum absolute atomic E-state index is 0.00653. The number of furan rings is 1. The number of hydrogen-bond donors (Lipinski definition) is 2. The van der Waals surface area contributed by atoms with Crippen LogP contribution in [0.5, 0.6) is 0 Å². The Bertz CT molecular complexity index is 892. The van der Waals surface area contributed by atoms with Gasteiger partial charge < -0.3 is 14.6 Å². The molecule has 1 aliphatic rings. The lowest BCUT2D eigenvalue weighted by molar-refractivity contribution is -0.121. The number of aromatic nitrogens is 2. The first kappa shape index (κ1) is 15.4. The van der Waals surface area contributed by atoms with Gasteiger partial charge in [0.2, 0.25) is 5.91 Å². The van der Waals surface area contributed by atoms with Crippen molar-refractivity contribution in [2.24, 2.45) is 5.92 Å². The molecule has 1 fully saturated rings. The van der Waals surface area contributed by atoms with E-state index in [2.05, 4.69) is 15.5 Å². The molecule has 0 saturated carbocycles. The Hall–Kier alpha value is -3.09. The van der Waals surface area contributed by atoms with Gasteiger partial charge in [-0.1, -0.05) is 0 Å². The lowest BCUT2D eigenvalue weighted by Crippen LogP contribution is -2.41. The maximum atomic E-state index is 12.5. The normalized spacial score (nSPS) is 15.4. The van der Waals surface area contributed by atoms with E-state index in [1.807, 2.05) is 18.2 Å². The molecule has 2 aromatic heterocycles. The van der Waals surface area contributed by atoms with Crippen LogP contribution in [0.1, 0.15) is 23.4 Å². The summed E-state index contributed by atoms with van der Waals surface area (Å²) in [4.78, 5) is 26.5. The molecule has 0 aliphatic carbocycles. The number of fused-ring (bicyclic) bond motifs is 1. The number of carbonyl (C=O) groups is 2. The van der Waals surface area contributed by atoms with Crippen molar-refractivity contribution >= 4 is 28.4 Å². The fourth-order valence-corrected chi connectivity index (χ4v) is 3.17. The number of carbonyl (C=O) groups excluding carboxylic acids is 2. The van der Waals surface area contributed by atoms with Crippen LogP contribution in [0.15, 0.2) is 47.2 Å². The summed E-state index contributed by atoms with van der Waals surface area (Å²) < 4.78 is 5.15. The largest absolute Gasteiger partial charge is 0.459 e. The molecule has 3 heterocycles. The zero-order valence-corrected chi connectivity index (χ0v) is 13.6. The second-order valence-electron chi connectivity index (χ2n) is 6.21. The minimum atomic E-state index is -0.116. The molecule has 3 aromatic rings. The van der Waals surface area contributed by atoms with E-state index < -0.39 is 0 Å². The van der Waals surface area contributed by atoms with Gasteiger partial charge in [-0.15, -0.1) is 0 Å². The van der Waals surface area contributed by atoms with Gasteiger partial charge in [0.25, 0.3) is 5.91 Å². The molecule has 7 heteroatoms. The number of nitrogens with one attached hydrogen (secondary N) is 2. The van der Waals surface area contributed by atoms with E-state index in [4.69, 9.17) is 4.42 Å². The van der Waals surface area contributed by atoms with Crippen LogP contribution < -0.4 is 5.32 Å². The van der Waals surface area contributed by atoms with Crippen molar-refractivity contribution in [3.05, 3.63) is 48.6 Å². The molecule has 7 nitrogen and oxygen atoms in total. The molecule has 0 bridgehead atoms. The van der Waals surface area contributed by atoms with E-state index in [0.717, 1.165) is 16.6 Å². The number of H-pyrrole nitrogens is 1. The highest BCUT2D eigenvalue weighted by molar-refractivity contribution is 5.95. The van der Waals surface area contributed by atoms with Crippen molar-refractivity contribution < 1.29 is 14.0 Å². The van der Waals surface area contributed by atoms with E-state index in [1.165, 1.54) is 6.26 Å². The molecule has 128 valence electrons. The molecule has 0 spiro atoms. The van der Waals surface area contributed by atoms with Crippen LogP contribution in [0.25, 0.3) is 10.9 Å².